The summed E-state index contributed by atoms with van der Waals surface area (Å²) in [6.07, 6.45) is 0. The van der Waals surface area contributed by atoms with Gasteiger partial charge in [-0.05, 0) is 18.7 Å². The first-order chi connectivity index (χ1) is 9.10. The summed E-state index contributed by atoms with van der Waals surface area (Å²) in [5, 5.41) is 5.33. The van der Waals surface area contributed by atoms with Gasteiger partial charge in [-0.25, -0.2) is 4.98 Å². The van der Waals surface area contributed by atoms with Crippen LogP contribution in [0.4, 0.5) is 5.82 Å². The van der Waals surface area contributed by atoms with Crippen LogP contribution in [0.25, 0.3) is 0 Å². The number of anilines is 1. The van der Waals surface area contributed by atoms with E-state index < -0.39 is 0 Å². The van der Waals surface area contributed by atoms with E-state index >= 15 is 0 Å². The van der Waals surface area contributed by atoms with Gasteiger partial charge < -0.3 is 10.2 Å². The van der Waals surface area contributed by atoms with E-state index in [4.69, 9.17) is 16.6 Å². The van der Waals surface area contributed by atoms with E-state index in [-0.39, 0.29) is 0 Å². The van der Waals surface area contributed by atoms with Crippen LogP contribution in [0.15, 0.2) is 12.1 Å². The molecule has 1 saturated heterocycles. The van der Waals surface area contributed by atoms with E-state index in [1.54, 1.807) is 0 Å². The molecule has 1 aromatic rings. The number of nitrogens with zero attached hydrogens (tertiary/aromatic N) is 2. The number of halogens is 1. The second-order valence-corrected chi connectivity index (χ2v) is 7.33. The van der Waals surface area contributed by atoms with Crippen molar-refractivity contribution >= 4 is 29.2 Å². The van der Waals surface area contributed by atoms with Gasteiger partial charge >= 0.3 is 0 Å². The zero-order valence-electron chi connectivity index (χ0n) is 11.8. The Hall–Kier alpha value is -0.450. The third-order valence-corrected chi connectivity index (χ3v) is 4.76. The number of rotatable bonds is 4. The van der Waals surface area contributed by atoms with Crippen LogP contribution in [0.1, 0.15) is 26.5 Å². The van der Waals surface area contributed by atoms with Crippen molar-refractivity contribution < 1.29 is 0 Å². The minimum atomic E-state index is 0.651. The maximum atomic E-state index is 6.20. The molecule has 3 nitrogen and oxygen atoms in total. The van der Waals surface area contributed by atoms with Crippen molar-refractivity contribution in [3.63, 3.8) is 0 Å². The lowest BCUT2D eigenvalue weighted by Gasteiger charge is -2.35. The normalized spacial score (nSPS) is 23.7. The molecule has 2 unspecified atom stereocenters. The van der Waals surface area contributed by atoms with E-state index in [1.807, 2.05) is 12.1 Å². The van der Waals surface area contributed by atoms with Gasteiger partial charge in [-0.15, -0.1) is 0 Å². The first-order valence-corrected chi connectivity index (χ1v) is 8.18. The van der Waals surface area contributed by atoms with Crippen molar-refractivity contribution in [1.82, 2.24) is 10.3 Å². The highest BCUT2D eigenvalue weighted by atomic mass is 35.5. The predicted molar refractivity (Wildman–Crippen MR) is 85.4 cm³/mol. The summed E-state index contributed by atoms with van der Waals surface area (Å²) in [5.41, 5.74) is 0.944. The van der Waals surface area contributed by atoms with Gasteiger partial charge in [0.25, 0.3) is 0 Å². The summed E-state index contributed by atoms with van der Waals surface area (Å²) in [6, 6.07) is 4.00. The van der Waals surface area contributed by atoms with Gasteiger partial charge in [0.05, 0.1) is 10.7 Å². The molecular weight excluding hydrogens is 278 g/mol. The molecule has 0 spiro atoms. The fraction of sp³-hybridized carbons (Fsp3) is 0.643. The zero-order valence-corrected chi connectivity index (χ0v) is 13.4. The second kappa shape index (κ2) is 6.82. The average molecular weight is 300 g/mol. The molecule has 1 aromatic heterocycles. The van der Waals surface area contributed by atoms with Crippen LogP contribution in [0, 0.1) is 0 Å². The van der Waals surface area contributed by atoms with Gasteiger partial charge in [-0.3, -0.25) is 0 Å². The van der Waals surface area contributed by atoms with Crippen LogP contribution in [0.2, 0.25) is 5.02 Å². The second-order valence-electron chi connectivity index (χ2n) is 5.04. The van der Waals surface area contributed by atoms with E-state index in [1.165, 1.54) is 0 Å². The first-order valence-electron chi connectivity index (χ1n) is 6.86. The molecule has 2 rings (SSSR count). The smallest absolute Gasteiger partial charge is 0.129 e. The number of thioether (sulfide) groups is 1. The maximum Gasteiger partial charge on any atom is 0.129 e. The fourth-order valence-electron chi connectivity index (χ4n) is 2.38. The molecule has 0 radical (unpaired) electrons. The van der Waals surface area contributed by atoms with Gasteiger partial charge in [-0.1, -0.05) is 32.4 Å². The number of hydrogen-bond acceptors (Lipinski definition) is 4. The van der Waals surface area contributed by atoms with Gasteiger partial charge in [0.1, 0.15) is 5.82 Å². The summed E-state index contributed by atoms with van der Waals surface area (Å²) in [5.74, 6) is 1.05. The molecule has 5 heteroatoms. The van der Waals surface area contributed by atoms with Crippen LogP contribution >= 0.6 is 23.4 Å². The van der Waals surface area contributed by atoms with Crippen molar-refractivity contribution in [2.45, 2.75) is 37.8 Å². The van der Waals surface area contributed by atoms with Crippen molar-refractivity contribution in [3.8, 4) is 0 Å². The van der Waals surface area contributed by atoms with Gasteiger partial charge in [-0.2, -0.15) is 11.8 Å². The minimum Gasteiger partial charge on any atom is -0.354 e. The third kappa shape index (κ3) is 4.01. The lowest BCUT2D eigenvalue weighted by molar-refractivity contribution is 0.693. The molecular formula is C14H22ClN3S. The fourth-order valence-corrected chi connectivity index (χ4v) is 3.88. The summed E-state index contributed by atoms with van der Waals surface area (Å²) in [4.78, 5) is 7.10. The Balaban J connectivity index is 2.15. The summed E-state index contributed by atoms with van der Waals surface area (Å²) >= 11 is 8.26. The maximum absolute atomic E-state index is 6.20. The Morgan fingerprint density at radius 2 is 2.05 bits per heavy atom. The molecule has 0 amide bonds. The molecule has 1 N–H and O–H groups in total. The van der Waals surface area contributed by atoms with Crippen LogP contribution in [0.3, 0.4) is 0 Å². The van der Waals surface area contributed by atoms with Crippen molar-refractivity contribution in [2.75, 3.05) is 24.5 Å². The highest BCUT2D eigenvalue weighted by Crippen LogP contribution is 2.28. The number of hydrogen-bond donors (Lipinski definition) is 1. The molecule has 2 heterocycles. The monoisotopic (exact) mass is 299 g/mol. The molecule has 0 aromatic carbocycles. The number of aromatic nitrogens is 1. The molecule has 1 fully saturated rings. The molecule has 19 heavy (non-hydrogen) atoms. The molecule has 2 atom stereocenters. The van der Waals surface area contributed by atoms with E-state index in [9.17, 15) is 0 Å². The van der Waals surface area contributed by atoms with Gasteiger partial charge in [0.15, 0.2) is 0 Å². The van der Waals surface area contributed by atoms with Crippen LogP contribution in [0.5, 0.6) is 0 Å². The summed E-state index contributed by atoms with van der Waals surface area (Å²) in [6.45, 7) is 10.4. The van der Waals surface area contributed by atoms with Gasteiger partial charge in [0, 0.05) is 30.1 Å². The van der Waals surface area contributed by atoms with Crippen LogP contribution in [-0.4, -0.2) is 35.1 Å². The summed E-state index contributed by atoms with van der Waals surface area (Å²) < 4.78 is 0. The summed E-state index contributed by atoms with van der Waals surface area (Å²) in [7, 11) is 0. The average Bonchev–Trinajstić information content (AvgIpc) is 2.36. The Bertz CT molecular complexity index is 417. The minimum absolute atomic E-state index is 0.651. The Morgan fingerprint density at radius 3 is 2.68 bits per heavy atom. The standard InChI is InChI=1S/C14H22ClN3S/c1-4-16-7-13-12(15)5-6-14(17-13)18-8-10(2)19-11(3)9-18/h5-6,10-11,16H,4,7-9H2,1-3H3. The van der Waals surface area contributed by atoms with E-state index in [0.29, 0.717) is 10.5 Å². The Kier molecular flexibility index (Phi) is 5.37. The Labute approximate surface area is 125 Å². The van der Waals surface area contributed by atoms with Crippen LogP contribution in [-0.2, 0) is 6.54 Å². The van der Waals surface area contributed by atoms with E-state index in [2.05, 4.69) is 42.7 Å². The van der Waals surface area contributed by atoms with Crippen molar-refractivity contribution in [2.24, 2.45) is 0 Å². The molecule has 0 aliphatic carbocycles. The highest BCUT2D eigenvalue weighted by Gasteiger charge is 2.23. The number of pyridine rings is 1. The molecule has 1 aliphatic heterocycles. The quantitative estimate of drug-likeness (QED) is 0.924. The molecule has 0 bridgehead atoms. The molecule has 0 saturated carbocycles. The lowest BCUT2D eigenvalue weighted by Crippen LogP contribution is -2.41. The highest BCUT2D eigenvalue weighted by molar-refractivity contribution is 8.00. The lowest BCUT2D eigenvalue weighted by atomic mass is 10.3. The SMILES string of the molecule is CCNCc1nc(N2CC(C)SC(C)C2)ccc1Cl. The molecule has 1 aliphatic rings. The van der Waals surface area contributed by atoms with Crippen molar-refractivity contribution in [3.05, 3.63) is 22.8 Å². The molecule has 106 valence electrons. The first kappa shape index (κ1) is 14.9. The Morgan fingerprint density at radius 1 is 1.37 bits per heavy atom. The van der Waals surface area contributed by atoms with Crippen LogP contribution < -0.4 is 10.2 Å². The van der Waals surface area contributed by atoms with Gasteiger partial charge in [0.2, 0.25) is 0 Å². The third-order valence-electron chi connectivity index (χ3n) is 3.19. The number of nitrogens with one attached hydrogen (secondary N) is 1. The topological polar surface area (TPSA) is 28.2 Å². The van der Waals surface area contributed by atoms with Crippen molar-refractivity contribution in [1.29, 1.82) is 0 Å². The predicted octanol–water partition coefficient (Wildman–Crippen LogP) is 3.17. The largest absolute Gasteiger partial charge is 0.354 e. The zero-order chi connectivity index (χ0) is 13.8. The van der Waals surface area contributed by atoms with E-state index in [0.717, 1.165) is 42.7 Å².